The fourth-order valence-electron chi connectivity index (χ4n) is 2.96. The van der Waals surface area contributed by atoms with Crippen LogP contribution in [-0.2, 0) is 0 Å². The number of imide groups is 1. The van der Waals surface area contributed by atoms with Crippen molar-refractivity contribution in [1.82, 2.24) is 0 Å². The number of benzene rings is 3. The number of anilines is 2. The van der Waals surface area contributed by atoms with Crippen molar-refractivity contribution in [2.45, 2.75) is 0 Å². The number of amides is 3. The van der Waals surface area contributed by atoms with E-state index in [4.69, 9.17) is 23.2 Å². The largest absolute Gasteiger partial charge is 0.322 e. The lowest BCUT2D eigenvalue weighted by molar-refractivity contribution is 0.0924. The van der Waals surface area contributed by atoms with Crippen molar-refractivity contribution >= 4 is 52.3 Å². The topological polar surface area (TPSA) is 66.5 Å². The number of carbonyl (C=O) groups is 3. The number of hydrogen-bond acceptors (Lipinski definition) is 3. The zero-order chi connectivity index (χ0) is 19.8. The van der Waals surface area contributed by atoms with E-state index in [0.717, 1.165) is 4.90 Å². The minimum atomic E-state index is -0.367. The minimum absolute atomic E-state index is 0.287. The van der Waals surface area contributed by atoms with E-state index >= 15 is 0 Å². The monoisotopic (exact) mass is 410 g/mol. The molecule has 0 aliphatic carbocycles. The number of rotatable bonds is 3. The molecule has 3 aromatic carbocycles. The predicted molar refractivity (Wildman–Crippen MR) is 108 cm³/mol. The van der Waals surface area contributed by atoms with Crippen LogP contribution in [0.25, 0.3) is 0 Å². The molecule has 0 unspecified atom stereocenters. The molecule has 3 aromatic rings. The summed E-state index contributed by atoms with van der Waals surface area (Å²) < 4.78 is 0. The number of fused-ring (bicyclic) bond motifs is 1. The van der Waals surface area contributed by atoms with E-state index < -0.39 is 0 Å². The summed E-state index contributed by atoms with van der Waals surface area (Å²) in [5.74, 6) is -1.09. The van der Waals surface area contributed by atoms with Crippen LogP contribution in [0.4, 0.5) is 11.4 Å². The maximum atomic E-state index is 12.5. The van der Waals surface area contributed by atoms with Crippen molar-refractivity contribution in [3.05, 3.63) is 93.5 Å². The van der Waals surface area contributed by atoms with Crippen molar-refractivity contribution in [2.75, 3.05) is 10.2 Å². The molecule has 1 heterocycles. The van der Waals surface area contributed by atoms with E-state index in [2.05, 4.69) is 5.32 Å². The maximum Gasteiger partial charge on any atom is 0.266 e. The Morgan fingerprint density at radius 2 is 1.39 bits per heavy atom. The SMILES string of the molecule is O=C(Nc1ccc(N2C(=O)c3ccccc3C2=O)cc1)c1ccc(Cl)c(Cl)c1. The number of hydrogen-bond donors (Lipinski definition) is 1. The Hall–Kier alpha value is -3.15. The van der Waals surface area contributed by atoms with E-state index in [-0.39, 0.29) is 22.7 Å². The summed E-state index contributed by atoms with van der Waals surface area (Å²) in [7, 11) is 0. The van der Waals surface area contributed by atoms with Gasteiger partial charge in [-0.2, -0.15) is 0 Å². The lowest BCUT2D eigenvalue weighted by Gasteiger charge is -2.14. The van der Waals surface area contributed by atoms with Crippen molar-refractivity contribution < 1.29 is 14.4 Å². The molecular formula is C21H12Cl2N2O3. The molecule has 138 valence electrons. The molecule has 0 saturated carbocycles. The molecule has 28 heavy (non-hydrogen) atoms. The molecule has 3 amide bonds. The zero-order valence-electron chi connectivity index (χ0n) is 14.3. The van der Waals surface area contributed by atoms with Gasteiger partial charge >= 0.3 is 0 Å². The van der Waals surface area contributed by atoms with E-state index in [0.29, 0.717) is 33.1 Å². The highest BCUT2D eigenvalue weighted by molar-refractivity contribution is 6.42. The first-order valence-electron chi connectivity index (χ1n) is 8.30. The molecule has 1 N–H and O–H groups in total. The summed E-state index contributed by atoms with van der Waals surface area (Å²) in [4.78, 5) is 38.5. The fourth-order valence-corrected chi connectivity index (χ4v) is 3.26. The first kappa shape index (κ1) is 18.2. The van der Waals surface area contributed by atoms with Crippen LogP contribution < -0.4 is 10.2 Å². The summed E-state index contributed by atoms with van der Waals surface area (Å²) in [5, 5.41) is 3.38. The first-order chi connectivity index (χ1) is 13.5. The van der Waals surface area contributed by atoms with Crippen LogP contribution in [0.5, 0.6) is 0 Å². The number of nitrogens with zero attached hydrogens (tertiary/aromatic N) is 1. The normalized spacial score (nSPS) is 12.9. The van der Waals surface area contributed by atoms with Gasteiger partial charge in [-0.3, -0.25) is 14.4 Å². The molecule has 1 aliphatic heterocycles. The van der Waals surface area contributed by atoms with E-state index in [1.165, 1.54) is 6.07 Å². The van der Waals surface area contributed by atoms with Gasteiger partial charge in [0.2, 0.25) is 0 Å². The third-order valence-corrected chi connectivity index (χ3v) is 5.10. The van der Waals surface area contributed by atoms with E-state index in [9.17, 15) is 14.4 Å². The number of carbonyl (C=O) groups excluding carboxylic acids is 3. The van der Waals surface area contributed by atoms with Gasteiger partial charge in [-0.05, 0) is 54.6 Å². The summed E-state index contributed by atoms with van der Waals surface area (Å²) >= 11 is 11.8. The van der Waals surface area contributed by atoms with Crippen LogP contribution in [0.15, 0.2) is 66.7 Å². The van der Waals surface area contributed by atoms with Crippen molar-refractivity contribution in [1.29, 1.82) is 0 Å². The Bertz CT molecular complexity index is 1090. The predicted octanol–water partition coefficient (Wildman–Crippen LogP) is 5.05. The first-order valence-corrected chi connectivity index (χ1v) is 9.05. The van der Waals surface area contributed by atoms with Gasteiger partial charge in [-0.1, -0.05) is 35.3 Å². The molecule has 0 saturated heterocycles. The van der Waals surface area contributed by atoms with Gasteiger partial charge in [-0.25, -0.2) is 4.90 Å². The molecule has 1 aliphatic rings. The molecule has 0 radical (unpaired) electrons. The summed E-state index contributed by atoms with van der Waals surface area (Å²) in [5.41, 5.74) is 2.06. The van der Waals surface area contributed by atoms with E-state index in [1.807, 2.05) is 0 Å². The molecule has 0 aromatic heterocycles. The summed E-state index contributed by atoms with van der Waals surface area (Å²) in [6, 6.07) is 17.7. The Kier molecular flexibility index (Phi) is 4.63. The maximum absolute atomic E-state index is 12.5. The highest BCUT2D eigenvalue weighted by atomic mass is 35.5. The van der Waals surface area contributed by atoms with Crippen LogP contribution in [0.2, 0.25) is 10.0 Å². The van der Waals surface area contributed by atoms with Gasteiger partial charge in [0, 0.05) is 11.3 Å². The second-order valence-corrected chi connectivity index (χ2v) is 6.94. The Morgan fingerprint density at radius 1 is 0.786 bits per heavy atom. The zero-order valence-corrected chi connectivity index (χ0v) is 15.8. The molecule has 0 spiro atoms. The molecule has 5 nitrogen and oxygen atoms in total. The fraction of sp³-hybridized carbons (Fsp3) is 0. The smallest absolute Gasteiger partial charge is 0.266 e. The Balaban J connectivity index is 1.53. The quantitative estimate of drug-likeness (QED) is 0.614. The van der Waals surface area contributed by atoms with E-state index in [1.54, 1.807) is 60.7 Å². The molecule has 0 fully saturated rings. The lowest BCUT2D eigenvalue weighted by Crippen LogP contribution is -2.29. The van der Waals surface area contributed by atoms with Crippen LogP contribution in [-0.4, -0.2) is 17.7 Å². The van der Waals surface area contributed by atoms with Gasteiger partial charge in [0.15, 0.2) is 0 Å². The van der Waals surface area contributed by atoms with Gasteiger partial charge < -0.3 is 5.32 Å². The average Bonchev–Trinajstić information content (AvgIpc) is 2.95. The molecule has 7 heteroatoms. The van der Waals surface area contributed by atoms with Gasteiger partial charge in [0.1, 0.15) is 0 Å². The molecule has 4 rings (SSSR count). The standard InChI is InChI=1S/C21H12Cl2N2O3/c22-17-10-5-12(11-18(17)23)19(26)24-13-6-8-14(9-7-13)25-20(27)15-3-1-2-4-16(15)21(25)28/h1-11H,(H,24,26). The highest BCUT2D eigenvalue weighted by Crippen LogP contribution is 2.29. The second kappa shape index (κ2) is 7.11. The molecular weight excluding hydrogens is 399 g/mol. The van der Waals surface area contributed by atoms with Crippen LogP contribution >= 0.6 is 23.2 Å². The second-order valence-electron chi connectivity index (χ2n) is 6.12. The highest BCUT2D eigenvalue weighted by Gasteiger charge is 2.36. The summed E-state index contributed by atoms with van der Waals surface area (Å²) in [6.07, 6.45) is 0. The Morgan fingerprint density at radius 3 is 1.96 bits per heavy atom. The van der Waals surface area contributed by atoms with Crippen molar-refractivity contribution in [3.63, 3.8) is 0 Å². The number of nitrogens with one attached hydrogen (secondary N) is 1. The van der Waals surface area contributed by atoms with Crippen LogP contribution in [0.3, 0.4) is 0 Å². The third-order valence-electron chi connectivity index (χ3n) is 4.36. The minimum Gasteiger partial charge on any atom is -0.322 e. The van der Waals surface area contributed by atoms with Crippen molar-refractivity contribution in [2.24, 2.45) is 0 Å². The van der Waals surface area contributed by atoms with Gasteiger partial charge in [0.25, 0.3) is 17.7 Å². The molecule has 0 bridgehead atoms. The summed E-state index contributed by atoms with van der Waals surface area (Å²) in [6.45, 7) is 0. The Labute approximate surface area is 170 Å². The molecule has 0 atom stereocenters. The number of halogens is 2. The average molecular weight is 411 g/mol. The lowest BCUT2D eigenvalue weighted by atomic mass is 10.1. The van der Waals surface area contributed by atoms with Crippen LogP contribution in [0, 0.1) is 0 Å². The van der Waals surface area contributed by atoms with Crippen LogP contribution in [0.1, 0.15) is 31.1 Å². The third kappa shape index (κ3) is 3.15. The van der Waals surface area contributed by atoms with Gasteiger partial charge in [-0.15, -0.1) is 0 Å². The van der Waals surface area contributed by atoms with Gasteiger partial charge in [0.05, 0.1) is 26.9 Å². The van der Waals surface area contributed by atoms with Crippen molar-refractivity contribution in [3.8, 4) is 0 Å².